The number of amides is 1. The van der Waals surface area contributed by atoms with Crippen molar-refractivity contribution in [2.45, 2.75) is 13.5 Å². The first-order valence-corrected chi connectivity index (χ1v) is 11.3. The molecule has 0 aliphatic rings. The molecule has 0 saturated carbocycles. The van der Waals surface area contributed by atoms with Crippen molar-refractivity contribution in [2.24, 2.45) is 0 Å². The maximum absolute atomic E-state index is 13.1. The Balaban J connectivity index is 1.50. The van der Waals surface area contributed by atoms with Gasteiger partial charge in [0.1, 0.15) is 18.1 Å². The van der Waals surface area contributed by atoms with Crippen LogP contribution in [0.1, 0.15) is 21.1 Å². The molecule has 0 spiro atoms. The van der Waals surface area contributed by atoms with E-state index in [1.165, 1.54) is 11.3 Å². The number of carbonyl (C=O) groups excluding carboxylic acids is 1. The van der Waals surface area contributed by atoms with E-state index in [2.05, 4.69) is 20.5 Å². The molecule has 4 rings (SSSR count). The number of benzene rings is 2. The van der Waals surface area contributed by atoms with Gasteiger partial charge in [-0.1, -0.05) is 52.7 Å². The van der Waals surface area contributed by atoms with Crippen LogP contribution < -0.4 is 14.8 Å². The predicted octanol–water partition coefficient (Wildman–Crippen LogP) is 6.06. The number of para-hydroxylation sites is 1. The Morgan fingerprint density at radius 3 is 2.67 bits per heavy atom. The molecule has 1 N–H and O–H groups in total. The summed E-state index contributed by atoms with van der Waals surface area (Å²) in [5.41, 5.74) is 2.69. The van der Waals surface area contributed by atoms with Gasteiger partial charge in [0.2, 0.25) is 5.13 Å². The van der Waals surface area contributed by atoms with Crippen LogP contribution in [0.3, 0.4) is 0 Å². The molecular weight excluding hydrogens is 483 g/mol. The molecule has 0 fully saturated rings. The van der Waals surface area contributed by atoms with E-state index in [9.17, 15) is 4.79 Å². The van der Waals surface area contributed by atoms with Crippen LogP contribution in [0.15, 0.2) is 54.7 Å². The number of aromatic nitrogens is 3. The summed E-state index contributed by atoms with van der Waals surface area (Å²) in [5, 5.41) is 12.7. The van der Waals surface area contributed by atoms with Crippen LogP contribution in [-0.4, -0.2) is 28.2 Å². The fourth-order valence-electron chi connectivity index (χ4n) is 3.07. The van der Waals surface area contributed by atoms with Crippen LogP contribution in [0, 0.1) is 6.92 Å². The van der Waals surface area contributed by atoms with Gasteiger partial charge in [-0.15, -0.1) is 10.2 Å². The number of nitrogens with one attached hydrogen (secondary N) is 1. The first kappa shape index (κ1) is 23.0. The van der Waals surface area contributed by atoms with E-state index < -0.39 is 0 Å². The zero-order valence-corrected chi connectivity index (χ0v) is 20.0. The third-order valence-electron chi connectivity index (χ3n) is 4.62. The minimum Gasteiger partial charge on any atom is -0.496 e. The summed E-state index contributed by atoms with van der Waals surface area (Å²) < 4.78 is 11.1. The highest BCUT2D eigenvalue weighted by Crippen LogP contribution is 2.33. The van der Waals surface area contributed by atoms with Crippen LogP contribution in [0.4, 0.5) is 5.13 Å². The average molecular weight is 501 g/mol. The van der Waals surface area contributed by atoms with Crippen molar-refractivity contribution in [2.75, 3.05) is 12.4 Å². The number of anilines is 1. The lowest BCUT2D eigenvalue weighted by Crippen LogP contribution is -2.14. The molecule has 168 valence electrons. The zero-order valence-electron chi connectivity index (χ0n) is 17.6. The van der Waals surface area contributed by atoms with Crippen molar-refractivity contribution in [3.05, 3.63) is 81.0 Å². The van der Waals surface area contributed by atoms with E-state index in [-0.39, 0.29) is 12.5 Å². The van der Waals surface area contributed by atoms with Crippen LogP contribution in [0.5, 0.6) is 11.5 Å². The highest BCUT2D eigenvalue weighted by atomic mass is 35.5. The van der Waals surface area contributed by atoms with Crippen molar-refractivity contribution in [3.63, 3.8) is 0 Å². The van der Waals surface area contributed by atoms with Gasteiger partial charge in [-0.25, -0.2) is 0 Å². The Bertz CT molecular complexity index is 1310. The van der Waals surface area contributed by atoms with Gasteiger partial charge in [0.25, 0.3) is 5.91 Å². The van der Waals surface area contributed by atoms with Crippen LogP contribution in [-0.2, 0) is 6.61 Å². The maximum Gasteiger partial charge on any atom is 0.259 e. The lowest BCUT2D eigenvalue weighted by atomic mass is 9.99. The van der Waals surface area contributed by atoms with Crippen molar-refractivity contribution in [1.29, 1.82) is 0 Å². The molecule has 0 radical (unpaired) electrons. The fraction of sp³-hybridized carbons (Fsp3) is 0.130. The Hall–Kier alpha value is -3.20. The number of hydrogen-bond donors (Lipinski definition) is 1. The Kier molecular flexibility index (Phi) is 7.08. The zero-order chi connectivity index (χ0) is 23.4. The SMILES string of the molecule is COc1ccccc1-c1cc(C)ncc1C(=O)Nc1nnc(COc2ccc(Cl)c(Cl)c2)s1. The first-order chi connectivity index (χ1) is 15.9. The fourth-order valence-corrected chi connectivity index (χ4v) is 4.01. The molecule has 0 aliphatic heterocycles. The Labute approximate surface area is 204 Å². The number of carbonyl (C=O) groups is 1. The number of methoxy groups -OCH3 is 1. The summed E-state index contributed by atoms with van der Waals surface area (Å²) in [6.07, 6.45) is 1.54. The molecule has 1 amide bonds. The molecular formula is C23H18Cl2N4O3S. The third kappa shape index (κ3) is 5.42. The standard InChI is InChI=1S/C23H18Cl2N4O3S/c1-13-9-16(15-5-3-4-6-20(15)31-2)17(11-26-13)22(30)27-23-29-28-21(33-23)12-32-14-7-8-18(24)19(25)10-14/h3-11H,12H2,1-2H3,(H,27,29,30). The van der Waals surface area contributed by atoms with Crippen molar-refractivity contribution in [1.82, 2.24) is 15.2 Å². The molecule has 0 atom stereocenters. The summed E-state index contributed by atoms with van der Waals surface area (Å²) in [6, 6.07) is 14.3. The molecule has 0 saturated heterocycles. The Morgan fingerprint density at radius 2 is 1.88 bits per heavy atom. The van der Waals surface area contributed by atoms with Crippen molar-refractivity contribution < 1.29 is 14.3 Å². The van der Waals surface area contributed by atoms with Gasteiger partial charge in [-0.05, 0) is 31.2 Å². The molecule has 2 aromatic carbocycles. The predicted molar refractivity (Wildman–Crippen MR) is 130 cm³/mol. The van der Waals surface area contributed by atoms with Crippen LogP contribution >= 0.6 is 34.5 Å². The second kappa shape index (κ2) is 10.2. The Morgan fingerprint density at radius 1 is 1.06 bits per heavy atom. The molecule has 0 unspecified atom stereocenters. The summed E-state index contributed by atoms with van der Waals surface area (Å²) >= 11 is 13.1. The maximum atomic E-state index is 13.1. The lowest BCUT2D eigenvalue weighted by Gasteiger charge is -2.13. The van der Waals surface area contributed by atoms with E-state index in [0.29, 0.717) is 42.8 Å². The molecule has 2 aromatic heterocycles. The quantitative estimate of drug-likeness (QED) is 0.332. The summed E-state index contributed by atoms with van der Waals surface area (Å²) in [5.74, 6) is 0.865. The van der Waals surface area contributed by atoms with E-state index >= 15 is 0 Å². The number of ether oxygens (including phenoxy) is 2. The van der Waals surface area contributed by atoms with Gasteiger partial charge >= 0.3 is 0 Å². The van der Waals surface area contributed by atoms with Crippen molar-refractivity contribution >= 4 is 45.6 Å². The van der Waals surface area contributed by atoms with E-state index in [4.69, 9.17) is 32.7 Å². The molecule has 7 nitrogen and oxygen atoms in total. The number of nitrogens with zero attached hydrogens (tertiary/aromatic N) is 3. The molecule has 4 aromatic rings. The normalized spacial score (nSPS) is 10.7. The van der Waals surface area contributed by atoms with E-state index in [1.54, 1.807) is 31.5 Å². The minimum absolute atomic E-state index is 0.171. The van der Waals surface area contributed by atoms with Gasteiger partial charge in [0.15, 0.2) is 5.01 Å². The number of hydrogen-bond acceptors (Lipinski definition) is 7. The largest absolute Gasteiger partial charge is 0.496 e. The third-order valence-corrected chi connectivity index (χ3v) is 6.17. The van der Waals surface area contributed by atoms with Gasteiger partial charge in [0.05, 0.1) is 22.7 Å². The molecule has 10 heteroatoms. The number of rotatable bonds is 7. The smallest absolute Gasteiger partial charge is 0.259 e. The topological polar surface area (TPSA) is 86.2 Å². The van der Waals surface area contributed by atoms with Crippen molar-refractivity contribution in [3.8, 4) is 22.6 Å². The lowest BCUT2D eigenvalue weighted by molar-refractivity contribution is 0.102. The van der Waals surface area contributed by atoms with Gasteiger partial charge in [-0.2, -0.15) is 0 Å². The summed E-state index contributed by atoms with van der Waals surface area (Å²) in [4.78, 5) is 17.4. The molecule has 33 heavy (non-hydrogen) atoms. The summed E-state index contributed by atoms with van der Waals surface area (Å²) in [6.45, 7) is 2.04. The molecule has 2 heterocycles. The number of pyridine rings is 1. The first-order valence-electron chi connectivity index (χ1n) is 9.76. The van der Waals surface area contributed by atoms with E-state index in [1.807, 2.05) is 37.3 Å². The molecule has 0 bridgehead atoms. The minimum atomic E-state index is -0.350. The highest BCUT2D eigenvalue weighted by molar-refractivity contribution is 7.15. The average Bonchev–Trinajstić information content (AvgIpc) is 3.26. The van der Waals surface area contributed by atoms with E-state index in [0.717, 1.165) is 11.3 Å². The van der Waals surface area contributed by atoms with Gasteiger partial charge < -0.3 is 9.47 Å². The monoisotopic (exact) mass is 500 g/mol. The second-order valence-corrected chi connectivity index (χ2v) is 8.77. The van der Waals surface area contributed by atoms with Crippen LogP contribution in [0.25, 0.3) is 11.1 Å². The highest BCUT2D eigenvalue weighted by Gasteiger charge is 2.18. The number of aryl methyl sites for hydroxylation is 1. The van der Waals surface area contributed by atoms with Crippen LogP contribution in [0.2, 0.25) is 10.0 Å². The summed E-state index contributed by atoms with van der Waals surface area (Å²) in [7, 11) is 1.59. The van der Waals surface area contributed by atoms with Gasteiger partial charge in [-0.3, -0.25) is 15.1 Å². The second-order valence-electron chi connectivity index (χ2n) is 6.89. The molecule has 0 aliphatic carbocycles. The van der Waals surface area contributed by atoms with Gasteiger partial charge in [0, 0.05) is 29.1 Å². The number of halogens is 2.